The third-order valence-corrected chi connectivity index (χ3v) is 5.43. The Morgan fingerprint density at radius 3 is 2.57 bits per heavy atom. The molecule has 0 bridgehead atoms. The highest BCUT2D eigenvalue weighted by atomic mass is 32.2. The van der Waals surface area contributed by atoms with Gasteiger partial charge in [0.1, 0.15) is 0 Å². The lowest BCUT2D eigenvalue weighted by atomic mass is 9.79. The number of thioether (sulfide) groups is 1. The van der Waals surface area contributed by atoms with Crippen molar-refractivity contribution >= 4 is 23.4 Å². The van der Waals surface area contributed by atoms with Crippen LogP contribution in [0.1, 0.15) is 27.2 Å². The maximum atomic E-state index is 12.6. The Balaban J connectivity index is 1.98. The largest absolute Gasteiger partial charge is 0.341 e. The monoisotopic (exact) mass is 337 g/mol. The summed E-state index contributed by atoms with van der Waals surface area (Å²) < 4.78 is 0. The number of rotatable bonds is 4. The highest BCUT2D eigenvalue weighted by Crippen LogP contribution is 2.31. The summed E-state index contributed by atoms with van der Waals surface area (Å²) in [6.45, 7) is 7.40. The van der Waals surface area contributed by atoms with Crippen molar-refractivity contribution in [2.45, 2.75) is 43.4 Å². The van der Waals surface area contributed by atoms with Gasteiger partial charge in [0.15, 0.2) is 0 Å². The number of nitrogens with two attached hydrogens (primary N) is 1. The number of hydrogen-bond acceptors (Lipinski definition) is 5. The van der Waals surface area contributed by atoms with Crippen LogP contribution < -0.4 is 5.73 Å². The lowest BCUT2D eigenvalue weighted by Crippen LogP contribution is -2.55. The quantitative estimate of drug-likeness (QED) is 0.518. The summed E-state index contributed by atoms with van der Waals surface area (Å²) in [4.78, 5) is 25.6. The summed E-state index contributed by atoms with van der Waals surface area (Å²) in [7, 11) is 0. The number of non-ortho nitro benzene ring substituents is 1. The number of carbonyl (C=O) groups is 1. The van der Waals surface area contributed by atoms with Crippen LogP contribution in [-0.4, -0.2) is 40.1 Å². The van der Waals surface area contributed by atoms with Crippen LogP contribution in [0.4, 0.5) is 5.69 Å². The van der Waals surface area contributed by atoms with Gasteiger partial charge in [0.25, 0.3) is 5.69 Å². The average Bonchev–Trinajstić information content (AvgIpc) is 2.49. The number of nitro benzene ring substituents is 1. The molecule has 2 N–H and O–H groups in total. The minimum Gasteiger partial charge on any atom is -0.341 e. The Morgan fingerprint density at radius 2 is 2.04 bits per heavy atom. The van der Waals surface area contributed by atoms with Gasteiger partial charge in [-0.3, -0.25) is 14.9 Å². The summed E-state index contributed by atoms with van der Waals surface area (Å²) in [6.07, 6.45) is 0.813. The van der Waals surface area contributed by atoms with Gasteiger partial charge in [0.2, 0.25) is 5.91 Å². The van der Waals surface area contributed by atoms with Crippen LogP contribution >= 0.6 is 11.8 Å². The topological polar surface area (TPSA) is 89.5 Å². The van der Waals surface area contributed by atoms with E-state index in [9.17, 15) is 14.9 Å². The minimum absolute atomic E-state index is 0.0556. The van der Waals surface area contributed by atoms with E-state index in [4.69, 9.17) is 5.73 Å². The highest BCUT2D eigenvalue weighted by molar-refractivity contribution is 8.00. The van der Waals surface area contributed by atoms with Crippen molar-refractivity contribution in [3.63, 3.8) is 0 Å². The predicted molar refractivity (Wildman–Crippen MR) is 91.4 cm³/mol. The molecule has 1 aliphatic rings. The lowest BCUT2D eigenvalue weighted by Gasteiger charge is -2.43. The van der Waals surface area contributed by atoms with Gasteiger partial charge in [-0.1, -0.05) is 13.8 Å². The molecule has 1 saturated heterocycles. The molecule has 0 aliphatic carbocycles. The van der Waals surface area contributed by atoms with Gasteiger partial charge in [-0.05, 0) is 30.9 Å². The third kappa shape index (κ3) is 4.23. The number of amides is 1. The van der Waals surface area contributed by atoms with Crippen LogP contribution in [0, 0.1) is 15.5 Å². The molecule has 2 unspecified atom stereocenters. The number of benzene rings is 1. The van der Waals surface area contributed by atoms with E-state index in [0.29, 0.717) is 13.1 Å². The highest BCUT2D eigenvalue weighted by Gasteiger charge is 2.36. The van der Waals surface area contributed by atoms with Gasteiger partial charge in [-0.25, -0.2) is 0 Å². The number of piperidine rings is 1. The molecule has 1 aromatic rings. The van der Waals surface area contributed by atoms with Gasteiger partial charge in [0, 0.05) is 36.2 Å². The molecule has 1 fully saturated rings. The molecule has 0 saturated carbocycles. The Labute approximate surface area is 140 Å². The van der Waals surface area contributed by atoms with Crippen molar-refractivity contribution in [2.75, 3.05) is 13.1 Å². The van der Waals surface area contributed by atoms with Crippen LogP contribution in [0.2, 0.25) is 0 Å². The van der Waals surface area contributed by atoms with E-state index in [-0.39, 0.29) is 28.3 Å². The van der Waals surface area contributed by atoms with Gasteiger partial charge in [-0.2, -0.15) is 0 Å². The normalized spacial score (nSPS) is 21.7. The van der Waals surface area contributed by atoms with Crippen LogP contribution in [0.5, 0.6) is 0 Å². The number of nitro groups is 1. The smallest absolute Gasteiger partial charge is 0.269 e. The lowest BCUT2D eigenvalue weighted by molar-refractivity contribution is -0.384. The van der Waals surface area contributed by atoms with Crippen molar-refractivity contribution < 1.29 is 9.72 Å². The second-order valence-corrected chi connectivity index (χ2v) is 8.07. The van der Waals surface area contributed by atoms with Gasteiger partial charge >= 0.3 is 0 Å². The van der Waals surface area contributed by atoms with Gasteiger partial charge in [-0.15, -0.1) is 11.8 Å². The van der Waals surface area contributed by atoms with Crippen LogP contribution in [0.25, 0.3) is 0 Å². The molecule has 2 atom stereocenters. The number of carbonyl (C=O) groups excluding carboxylic acids is 1. The van der Waals surface area contributed by atoms with E-state index >= 15 is 0 Å². The molecule has 7 heteroatoms. The first kappa shape index (κ1) is 17.7. The van der Waals surface area contributed by atoms with Crippen molar-refractivity contribution in [1.29, 1.82) is 0 Å². The van der Waals surface area contributed by atoms with Crippen molar-refractivity contribution in [2.24, 2.45) is 11.1 Å². The van der Waals surface area contributed by atoms with Crippen molar-refractivity contribution in [3.05, 3.63) is 34.4 Å². The zero-order valence-corrected chi connectivity index (χ0v) is 14.5. The average molecular weight is 337 g/mol. The molecule has 1 heterocycles. The maximum absolute atomic E-state index is 12.6. The molecule has 126 valence electrons. The zero-order chi connectivity index (χ0) is 17.2. The SMILES string of the molecule is CC(Sc1ccc([N+](=O)[O-])cc1)C(=O)N1CCC(N)C(C)(C)C1. The fourth-order valence-electron chi connectivity index (χ4n) is 2.72. The van der Waals surface area contributed by atoms with E-state index < -0.39 is 4.92 Å². The van der Waals surface area contributed by atoms with Gasteiger partial charge < -0.3 is 10.6 Å². The molecule has 2 rings (SSSR count). The second kappa shape index (κ2) is 6.88. The first-order valence-corrected chi connectivity index (χ1v) is 8.54. The predicted octanol–water partition coefficient (Wildman–Crippen LogP) is 2.66. The second-order valence-electron chi connectivity index (χ2n) is 6.65. The van der Waals surface area contributed by atoms with Crippen LogP contribution in [0.15, 0.2) is 29.2 Å². The number of hydrogen-bond donors (Lipinski definition) is 1. The standard InChI is InChI=1S/C16H23N3O3S/c1-11(23-13-6-4-12(5-7-13)19(21)22)15(20)18-9-8-14(17)16(2,3)10-18/h4-7,11,14H,8-10,17H2,1-3H3. The zero-order valence-electron chi connectivity index (χ0n) is 13.7. The molecule has 0 radical (unpaired) electrons. The van der Waals surface area contributed by atoms with Crippen molar-refractivity contribution in [3.8, 4) is 0 Å². The Hall–Kier alpha value is -1.60. The number of nitrogens with zero attached hydrogens (tertiary/aromatic N) is 2. The van der Waals surface area contributed by atoms with Crippen molar-refractivity contribution in [1.82, 2.24) is 4.90 Å². The Kier molecular flexibility index (Phi) is 5.31. The molecular weight excluding hydrogens is 314 g/mol. The summed E-state index contributed by atoms with van der Waals surface area (Å²) >= 11 is 1.42. The first-order chi connectivity index (χ1) is 10.7. The third-order valence-electron chi connectivity index (χ3n) is 4.33. The Morgan fingerprint density at radius 1 is 1.43 bits per heavy atom. The van der Waals surface area contributed by atoms with E-state index in [0.717, 1.165) is 11.3 Å². The molecule has 1 aromatic carbocycles. The molecule has 1 amide bonds. The minimum atomic E-state index is -0.428. The molecule has 6 nitrogen and oxygen atoms in total. The fraction of sp³-hybridized carbons (Fsp3) is 0.562. The number of likely N-dealkylation sites (tertiary alicyclic amines) is 1. The van der Waals surface area contributed by atoms with Gasteiger partial charge in [0.05, 0.1) is 10.2 Å². The maximum Gasteiger partial charge on any atom is 0.269 e. The fourth-order valence-corrected chi connectivity index (χ4v) is 3.67. The molecule has 1 aliphatic heterocycles. The van der Waals surface area contributed by atoms with E-state index in [1.54, 1.807) is 12.1 Å². The van der Waals surface area contributed by atoms with E-state index in [1.807, 2.05) is 11.8 Å². The molecule has 0 aromatic heterocycles. The van der Waals surface area contributed by atoms with E-state index in [2.05, 4.69) is 13.8 Å². The summed E-state index contributed by atoms with van der Waals surface area (Å²) in [5, 5.41) is 10.4. The van der Waals surface area contributed by atoms with E-state index in [1.165, 1.54) is 23.9 Å². The summed E-state index contributed by atoms with van der Waals surface area (Å²) in [5.74, 6) is 0.0910. The first-order valence-electron chi connectivity index (χ1n) is 7.66. The van der Waals surface area contributed by atoms with Crippen LogP contribution in [0.3, 0.4) is 0 Å². The summed E-state index contributed by atoms with van der Waals surface area (Å²) in [5.41, 5.74) is 6.09. The molecular formula is C16H23N3O3S. The molecule has 23 heavy (non-hydrogen) atoms. The Bertz CT molecular complexity index is 589. The van der Waals surface area contributed by atoms with Crippen LogP contribution in [-0.2, 0) is 4.79 Å². The molecule has 0 spiro atoms. The summed E-state index contributed by atoms with van der Waals surface area (Å²) in [6, 6.07) is 6.40.